The average molecular weight is 299 g/mol. The molecule has 0 fully saturated rings. The molecule has 1 atom stereocenters. The summed E-state index contributed by atoms with van der Waals surface area (Å²) in [4.78, 5) is 12.2. The Morgan fingerprint density at radius 1 is 1.40 bits per heavy atom. The van der Waals surface area contributed by atoms with Crippen molar-refractivity contribution >= 4 is 23.2 Å². The first-order chi connectivity index (χ1) is 9.40. The van der Waals surface area contributed by atoms with Crippen molar-refractivity contribution in [1.82, 2.24) is 0 Å². The molecule has 4 nitrogen and oxygen atoms in total. The van der Waals surface area contributed by atoms with Crippen molar-refractivity contribution in [3.63, 3.8) is 0 Å². The van der Waals surface area contributed by atoms with Gasteiger partial charge in [0, 0.05) is 5.02 Å². The van der Waals surface area contributed by atoms with Gasteiger partial charge >= 0.3 is 0 Å². The van der Waals surface area contributed by atoms with E-state index in [1.54, 1.807) is 25.1 Å². The topological polar surface area (TPSA) is 64.3 Å². The molecular weight excluding hydrogens is 276 g/mol. The molecular formula is C15H23ClN2O2. The third-order valence-corrected chi connectivity index (χ3v) is 3.17. The smallest absolute Gasteiger partial charge is 0.244 e. The van der Waals surface area contributed by atoms with E-state index in [9.17, 15) is 4.79 Å². The first kappa shape index (κ1) is 16.8. The molecule has 112 valence electrons. The first-order valence-corrected chi connectivity index (χ1v) is 7.31. The molecule has 1 aromatic rings. The summed E-state index contributed by atoms with van der Waals surface area (Å²) in [6, 6.07) is 5.16. The lowest BCUT2D eigenvalue weighted by Gasteiger charge is -2.23. The molecule has 0 bridgehead atoms. The largest absolute Gasteiger partial charge is 0.491 e. The molecule has 1 amide bonds. The standard InChI is InChI=1S/C15H23ClN2O2/c1-4-8-15(3,17)14(19)18-12-10-11(16)6-7-13(12)20-9-5-2/h6-7,10H,4-5,8-9,17H2,1-3H3,(H,18,19). The van der Waals surface area contributed by atoms with Crippen molar-refractivity contribution in [3.8, 4) is 5.75 Å². The van der Waals surface area contributed by atoms with Crippen molar-refractivity contribution in [2.45, 2.75) is 45.6 Å². The van der Waals surface area contributed by atoms with Crippen LogP contribution in [0.2, 0.25) is 5.02 Å². The van der Waals surface area contributed by atoms with E-state index in [1.807, 2.05) is 13.8 Å². The van der Waals surface area contributed by atoms with E-state index in [0.29, 0.717) is 29.5 Å². The fourth-order valence-electron chi connectivity index (χ4n) is 1.84. The van der Waals surface area contributed by atoms with Crippen LogP contribution in [0.3, 0.4) is 0 Å². The van der Waals surface area contributed by atoms with E-state index in [-0.39, 0.29) is 5.91 Å². The maximum Gasteiger partial charge on any atom is 0.244 e. The van der Waals surface area contributed by atoms with Gasteiger partial charge in [0.05, 0.1) is 17.8 Å². The zero-order valence-corrected chi connectivity index (χ0v) is 13.1. The van der Waals surface area contributed by atoms with Crippen LogP contribution in [-0.2, 0) is 4.79 Å². The lowest BCUT2D eigenvalue weighted by Crippen LogP contribution is -2.48. The van der Waals surface area contributed by atoms with Gasteiger partial charge in [-0.25, -0.2) is 0 Å². The summed E-state index contributed by atoms with van der Waals surface area (Å²) in [6.07, 6.45) is 2.35. The number of ether oxygens (including phenoxy) is 1. The summed E-state index contributed by atoms with van der Waals surface area (Å²) < 4.78 is 5.60. The normalized spacial score (nSPS) is 13.7. The molecule has 3 N–H and O–H groups in total. The summed E-state index contributed by atoms with van der Waals surface area (Å²) in [5, 5.41) is 3.35. The van der Waals surface area contributed by atoms with E-state index in [1.165, 1.54) is 0 Å². The number of amides is 1. The molecule has 1 unspecified atom stereocenters. The van der Waals surface area contributed by atoms with Gasteiger partial charge < -0.3 is 15.8 Å². The highest BCUT2D eigenvalue weighted by molar-refractivity contribution is 6.31. The second-order valence-corrected chi connectivity index (χ2v) is 5.55. The molecule has 0 saturated heterocycles. The minimum Gasteiger partial charge on any atom is -0.491 e. The molecule has 0 aromatic heterocycles. The van der Waals surface area contributed by atoms with Crippen LogP contribution in [0.1, 0.15) is 40.0 Å². The van der Waals surface area contributed by atoms with Crippen molar-refractivity contribution in [1.29, 1.82) is 0 Å². The monoisotopic (exact) mass is 298 g/mol. The Balaban J connectivity index is 2.89. The molecule has 5 heteroatoms. The number of rotatable bonds is 7. The van der Waals surface area contributed by atoms with Crippen molar-refractivity contribution < 1.29 is 9.53 Å². The van der Waals surface area contributed by atoms with Gasteiger partial charge in [-0.15, -0.1) is 0 Å². The molecule has 0 aliphatic rings. The number of anilines is 1. The van der Waals surface area contributed by atoms with Gasteiger partial charge in [0.25, 0.3) is 0 Å². The number of benzene rings is 1. The van der Waals surface area contributed by atoms with Gasteiger partial charge in [-0.3, -0.25) is 4.79 Å². The highest BCUT2D eigenvalue weighted by atomic mass is 35.5. The quantitative estimate of drug-likeness (QED) is 0.808. The summed E-state index contributed by atoms with van der Waals surface area (Å²) in [6.45, 7) is 6.32. The van der Waals surface area contributed by atoms with Gasteiger partial charge in [0.2, 0.25) is 5.91 Å². The van der Waals surface area contributed by atoms with Crippen molar-refractivity contribution in [2.75, 3.05) is 11.9 Å². The Morgan fingerprint density at radius 2 is 2.10 bits per heavy atom. The first-order valence-electron chi connectivity index (χ1n) is 6.93. The number of nitrogens with two attached hydrogens (primary N) is 1. The molecule has 0 spiro atoms. The minimum absolute atomic E-state index is 0.233. The zero-order chi connectivity index (χ0) is 15.2. The molecule has 1 aromatic carbocycles. The fourth-order valence-corrected chi connectivity index (χ4v) is 2.01. The summed E-state index contributed by atoms with van der Waals surface area (Å²) in [5.74, 6) is 0.375. The molecule has 0 saturated carbocycles. The number of hydrogen-bond donors (Lipinski definition) is 2. The highest BCUT2D eigenvalue weighted by Crippen LogP contribution is 2.29. The Hall–Kier alpha value is -1.26. The van der Waals surface area contributed by atoms with E-state index in [2.05, 4.69) is 5.32 Å². The van der Waals surface area contributed by atoms with Crippen molar-refractivity contribution in [3.05, 3.63) is 23.2 Å². The number of halogens is 1. The van der Waals surface area contributed by atoms with E-state index in [0.717, 1.165) is 12.8 Å². The van der Waals surface area contributed by atoms with Crippen LogP contribution in [0.25, 0.3) is 0 Å². The van der Waals surface area contributed by atoms with Crippen LogP contribution in [0.15, 0.2) is 18.2 Å². The van der Waals surface area contributed by atoms with E-state index >= 15 is 0 Å². The van der Waals surface area contributed by atoms with Crippen LogP contribution in [0, 0.1) is 0 Å². The number of hydrogen-bond acceptors (Lipinski definition) is 3. The number of carbonyl (C=O) groups is 1. The van der Waals surface area contributed by atoms with Crippen molar-refractivity contribution in [2.24, 2.45) is 5.73 Å². The predicted octanol–water partition coefficient (Wildman–Crippen LogP) is 3.58. The van der Waals surface area contributed by atoms with E-state index in [4.69, 9.17) is 22.1 Å². The second kappa shape index (κ2) is 7.50. The molecule has 1 rings (SSSR count). The van der Waals surface area contributed by atoms with Gasteiger partial charge in [-0.2, -0.15) is 0 Å². The Kier molecular flexibility index (Phi) is 6.30. The maximum absolute atomic E-state index is 12.2. The Bertz CT molecular complexity index is 461. The third-order valence-electron chi connectivity index (χ3n) is 2.94. The zero-order valence-electron chi connectivity index (χ0n) is 12.3. The van der Waals surface area contributed by atoms with Crippen LogP contribution < -0.4 is 15.8 Å². The second-order valence-electron chi connectivity index (χ2n) is 5.11. The van der Waals surface area contributed by atoms with Crippen LogP contribution in [0.5, 0.6) is 5.75 Å². The lowest BCUT2D eigenvalue weighted by molar-refractivity contribution is -0.120. The van der Waals surface area contributed by atoms with Crippen LogP contribution in [0.4, 0.5) is 5.69 Å². The highest BCUT2D eigenvalue weighted by Gasteiger charge is 2.27. The van der Waals surface area contributed by atoms with E-state index < -0.39 is 5.54 Å². The number of nitrogens with one attached hydrogen (secondary N) is 1. The van der Waals surface area contributed by atoms with Gasteiger partial charge in [0.1, 0.15) is 5.75 Å². The summed E-state index contributed by atoms with van der Waals surface area (Å²) in [5.41, 5.74) is 5.68. The Labute approximate surface area is 125 Å². The molecule has 0 radical (unpaired) electrons. The minimum atomic E-state index is -0.904. The fraction of sp³-hybridized carbons (Fsp3) is 0.533. The van der Waals surface area contributed by atoms with Gasteiger partial charge in [-0.05, 0) is 38.0 Å². The van der Waals surface area contributed by atoms with Gasteiger partial charge in [-0.1, -0.05) is 31.9 Å². The average Bonchev–Trinajstić information content (AvgIpc) is 2.37. The Morgan fingerprint density at radius 3 is 2.70 bits per heavy atom. The molecule has 0 aliphatic heterocycles. The number of carbonyl (C=O) groups excluding carboxylic acids is 1. The summed E-state index contributed by atoms with van der Waals surface area (Å²) >= 11 is 5.97. The predicted molar refractivity (Wildman–Crippen MR) is 83.4 cm³/mol. The van der Waals surface area contributed by atoms with Crippen LogP contribution >= 0.6 is 11.6 Å². The molecule has 0 heterocycles. The van der Waals surface area contributed by atoms with Crippen LogP contribution in [-0.4, -0.2) is 18.1 Å². The SMILES string of the molecule is CCCOc1ccc(Cl)cc1NC(=O)C(C)(N)CCC. The maximum atomic E-state index is 12.2. The third kappa shape index (κ3) is 4.69. The molecule has 0 aliphatic carbocycles. The van der Waals surface area contributed by atoms with Gasteiger partial charge in [0.15, 0.2) is 0 Å². The summed E-state index contributed by atoms with van der Waals surface area (Å²) in [7, 11) is 0. The lowest BCUT2D eigenvalue weighted by atomic mass is 9.96. The molecule has 20 heavy (non-hydrogen) atoms.